The van der Waals surface area contributed by atoms with Crippen molar-refractivity contribution in [3.8, 4) is 22.5 Å². The Hall–Kier alpha value is -3.26. The average Bonchev–Trinajstić information content (AvgIpc) is 3.27. The van der Waals surface area contributed by atoms with Gasteiger partial charge in [-0.2, -0.15) is 0 Å². The van der Waals surface area contributed by atoms with Gasteiger partial charge in [0.05, 0.1) is 0 Å². The molecule has 1 heterocycles. The van der Waals surface area contributed by atoms with Gasteiger partial charge in [-0.15, -0.1) is 0 Å². The van der Waals surface area contributed by atoms with Gasteiger partial charge in [0.25, 0.3) is 0 Å². The molecule has 0 unspecified atom stereocenters. The maximum absolute atomic E-state index is 13.5. The van der Waals surface area contributed by atoms with Crippen LogP contribution < -0.4 is 15.9 Å². The van der Waals surface area contributed by atoms with Gasteiger partial charge in [-0.25, -0.2) is 0 Å². The number of halogens is 2. The molecule has 4 aromatic carbocycles. The molecular formula is C29H25ClFN2P. The van der Waals surface area contributed by atoms with Crippen LogP contribution in [0.4, 0.5) is 4.39 Å². The van der Waals surface area contributed by atoms with E-state index in [4.69, 9.17) is 16.3 Å². The molecule has 0 N–H and O–H groups in total. The van der Waals surface area contributed by atoms with Gasteiger partial charge in [0, 0.05) is 0 Å². The maximum atomic E-state index is 13.5. The van der Waals surface area contributed by atoms with Crippen molar-refractivity contribution in [1.29, 1.82) is 0 Å². The van der Waals surface area contributed by atoms with Crippen molar-refractivity contribution in [3.05, 3.63) is 121 Å². The first-order valence-corrected chi connectivity index (χ1v) is 14.7. The molecule has 34 heavy (non-hydrogen) atoms. The molecule has 0 aliphatic rings. The molecule has 1 aromatic heterocycles. The van der Waals surface area contributed by atoms with Crippen LogP contribution in [0.5, 0.6) is 0 Å². The van der Waals surface area contributed by atoms with E-state index in [1.54, 1.807) is 12.1 Å². The van der Waals surface area contributed by atoms with Crippen LogP contribution in [0, 0.1) is 5.82 Å². The third-order valence-electron chi connectivity index (χ3n) is 6.51. The minimum atomic E-state index is -3.34. The topological polar surface area (TPSA) is 17.8 Å². The number of hydrogen-bond donors (Lipinski definition) is 0. The first-order valence-electron chi connectivity index (χ1n) is 11.1. The summed E-state index contributed by atoms with van der Waals surface area (Å²) in [5.41, 5.74) is 3.65. The molecule has 5 aromatic rings. The van der Waals surface area contributed by atoms with Crippen LogP contribution in [-0.4, -0.2) is 16.4 Å². The Balaban J connectivity index is 1.76. The van der Waals surface area contributed by atoms with E-state index in [2.05, 4.69) is 49.1 Å². The molecule has 5 heteroatoms. The van der Waals surface area contributed by atoms with Crippen molar-refractivity contribution in [1.82, 2.24) is 9.78 Å². The Morgan fingerprint density at radius 2 is 1.26 bits per heavy atom. The zero-order valence-corrected chi connectivity index (χ0v) is 20.7. The summed E-state index contributed by atoms with van der Waals surface area (Å²) in [7, 11) is 1.91. The number of nitrogens with zero attached hydrogens (tertiary/aromatic N) is 2. The predicted molar refractivity (Wildman–Crippen MR) is 145 cm³/mol. The normalized spacial score (nSPS) is 12.8. The van der Waals surface area contributed by atoms with Crippen molar-refractivity contribution < 1.29 is 4.39 Å². The van der Waals surface area contributed by atoms with Gasteiger partial charge in [0.1, 0.15) is 0 Å². The second kappa shape index (κ2) is 8.51. The number of rotatable bonds is 5. The summed E-state index contributed by atoms with van der Waals surface area (Å²) in [6.45, 7) is 2.19. The van der Waals surface area contributed by atoms with E-state index in [1.807, 2.05) is 60.3 Å². The fourth-order valence-corrected chi connectivity index (χ4v) is 9.57. The molecule has 0 spiro atoms. The minimum absolute atomic E-state index is 0.257. The molecule has 0 fully saturated rings. The van der Waals surface area contributed by atoms with Crippen LogP contribution in [0.15, 0.2) is 115 Å². The first-order chi connectivity index (χ1) is 16.4. The number of benzene rings is 4. The first kappa shape index (κ1) is 22.5. The number of aromatic nitrogens is 2. The Kier molecular flexibility index (Phi) is 5.64. The standard InChI is InChI=1S/C29H25ClFN2P/c1-33-28(22-17-19-23(31)20-18-22)21-27(32-33)26-15-9-10-16-29(26)34(2,30,24-11-5-3-6-12-24)25-13-7-4-8-14-25/h3-21H,1-2H3. The van der Waals surface area contributed by atoms with Gasteiger partial charge >= 0.3 is 205 Å². The van der Waals surface area contributed by atoms with Crippen LogP contribution in [-0.2, 0) is 7.05 Å². The van der Waals surface area contributed by atoms with Crippen LogP contribution in [0.25, 0.3) is 22.5 Å². The van der Waals surface area contributed by atoms with E-state index in [0.717, 1.165) is 38.4 Å². The van der Waals surface area contributed by atoms with Gasteiger partial charge in [0.15, 0.2) is 0 Å². The molecule has 170 valence electrons. The van der Waals surface area contributed by atoms with Gasteiger partial charge in [-0.3, -0.25) is 0 Å². The fraction of sp³-hybridized carbons (Fsp3) is 0.0690. The molecule has 0 saturated heterocycles. The summed E-state index contributed by atoms with van der Waals surface area (Å²) >= 11 is 7.96. The van der Waals surface area contributed by atoms with E-state index in [-0.39, 0.29) is 5.82 Å². The molecule has 0 aliphatic heterocycles. The third kappa shape index (κ3) is 3.66. The molecule has 0 saturated carbocycles. The van der Waals surface area contributed by atoms with Crippen LogP contribution in [0.2, 0.25) is 0 Å². The van der Waals surface area contributed by atoms with Crippen LogP contribution in [0.1, 0.15) is 0 Å². The fourth-order valence-electron chi connectivity index (χ4n) is 4.64. The zero-order valence-electron chi connectivity index (χ0n) is 19.1. The van der Waals surface area contributed by atoms with Crippen molar-refractivity contribution in [3.63, 3.8) is 0 Å². The molecule has 0 amide bonds. The molecule has 0 radical (unpaired) electrons. The average molecular weight is 487 g/mol. The van der Waals surface area contributed by atoms with E-state index < -0.39 is 5.96 Å². The van der Waals surface area contributed by atoms with Gasteiger partial charge in [-0.1, -0.05) is 0 Å². The zero-order chi connectivity index (χ0) is 23.8. The predicted octanol–water partition coefficient (Wildman–Crippen LogP) is 6.51. The Morgan fingerprint density at radius 1 is 0.735 bits per heavy atom. The third-order valence-corrected chi connectivity index (χ3v) is 12.8. The van der Waals surface area contributed by atoms with E-state index in [9.17, 15) is 4.39 Å². The van der Waals surface area contributed by atoms with Crippen molar-refractivity contribution in [2.24, 2.45) is 7.05 Å². The van der Waals surface area contributed by atoms with Gasteiger partial charge in [-0.05, 0) is 0 Å². The van der Waals surface area contributed by atoms with Gasteiger partial charge < -0.3 is 0 Å². The molecular weight excluding hydrogens is 462 g/mol. The number of aryl methyl sites for hydroxylation is 1. The number of hydrogen-bond acceptors (Lipinski definition) is 1. The molecule has 2 nitrogen and oxygen atoms in total. The van der Waals surface area contributed by atoms with E-state index in [1.165, 1.54) is 12.1 Å². The second-order valence-electron chi connectivity index (χ2n) is 8.66. The summed E-state index contributed by atoms with van der Waals surface area (Å²) < 4.78 is 15.3. The summed E-state index contributed by atoms with van der Waals surface area (Å²) in [6, 6.07) is 37.5. The molecule has 5 rings (SSSR count). The van der Waals surface area contributed by atoms with E-state index in [0.29, 0.717) is 0 Å². The monoisotopic (exact) mass is 486 g/mol. The van der Waals surface area contributed by atoms with Crippen LogP contribution in [0.3, 0.4) is 0 Å². The summed E-state index contributed by atoms with van der Waals surface area (Å²) in [4.78, 5) is 0. The van der Waals surface area contributed by atoms with Crippen LogP contribution >= 0.6 is 17.2 Å². The summed E-state index contributed by atoms with van der Waals surface area (Å²) in [5.74, 6) is -3.60. The Bertz CT molecular complexity index is 1400. The summed E-state index contributed by atoms with van der Waals surface area (Å²) in [5, 5.41) is 8.12. The SMILES string of the molecule is Cn1nc(-c2ccccc2P(C)(Cl)(c2ccccc2)c2ccccc2)cc1-c1ccc(F)cc1. The van der Waals surface area contributed by atoms with Crippen molar-refractivity contribution >= 4 is 33.1 Å². The quantitative estimate of drug-likeness (QED) is 0.259. The molecule has 0 bridgehead atoms. The Labute approximate surface area is 204 Å². The molecule has 0 aliphatic carbocycles. The Morgan fingerprint density at radius 3 is 1.85 bits per heavy atom. The molecule has 0 atom stereocenters. The van der Waals surface area contributed by atoms with Gasteiger partial charge in [0.2, 0.25) is 0 Å². The summed E-state index contributed by atoms with van der Waals surface area (Å²) in [6.07, 6.45) is 0. The van der Waals surface area contributed by atoms with Crippen molar-refractivity contribution in [2.75, 3.05) is 6.66 Å². The van der Waals surface area contributed by atoms with E-state index >= 15 is 0 Å². The van der Waals surface area contributed by atoms with Crippen molar-refractivity contribution in [2.45, 2.75) is 0 Å². The second-order valence-corrected chi connectivity index (χ2v) is 15.6.